The molecule has 1 N–H and O–H groups in total. The molecule has 258 valence electrons. The Hall–Kier alpha value is -2.38. The van der Waals surface area contributed by atoms with Crippen LogP contribution in [-0.2, 0) is 19.1 Å². The highest BCUT2D eigenvalue weighted by molar-refractivity contribution is 9.09. The van der Waals surface area contributed by atoms with Gasteiger partial charge in [0, 0.05) is 55.0 Å². The third-order valence-corrected chi connectivity index (χ3v) is 13.3. The first-order valence-electron chi connectivity index (χ1n) is 16.7. The van der Waals surface area contributed by atoms with Gasteiger partial charge in [0.15, 0.2) is 0 Å². The van der Waals surface area contributed by atoms with Gasteiger partial charge in [0.2, 0.25) is 17.7 Å². The maximum absolute atomic E-state index is 14.9. The number of benzene rings is 1. The highest BCUT2D eigenvalue weighted by atomic mass is 79.9. The first-order chi connectivity index (χ1) is 22.6. The molecule has 0 aromatic heterocycles. The van der Waals surface area contributed by atoms with E-state index in [4.69, 9.17) is 9.47 Å². The number of halogens is 1. The van der Waals surface area contributed by atoms with Crippen molar-refractivity contribution < 1.29 is 29.0 Å². The Morgan fingerprint density at radius 1 is 1.17 bits per heavy atom. The number of aliphatic hydroxyl groups is 1. The van der Waals surface area contributed by atoms with Gasteiger partial charge < -0.3 is 29.3 Å². The number of fused-ring (bicyclic) bond motifs is 1. The number of thioether (sulfide) groups is 1. The summed E-state index contributed by atoms with van der Waals surface area (Å²) in [4.78, 5) is 51.7. The Bertz CT molecular complexity index is 1310. The summed E-state index contributed by atoms with van der Waals surface area (Å²) in [5.74, 6) is -1.30. The summed E-state index contributed by atoms with van der Waals surface area (Å²) in [6, 6.07) is 5.99. The Labute approximate surface area is 291 Å². The lowest BCUT2D eigenvalue weighted by molar-refractivity contribution is -0.146. The highest BCUT2D eigenvalue weighted by Gasteiger charge is 2.76. The number of ether oxygens (including phenoxy) is 2. The number of aliphatic hydroxyl groups excluding tert-OH is 1. The lowest BCUT2D eigenvalue weighted by Crippen LogP contribution is -2.59. The van der Waals surface area contributed by atoms with Crippen molar-refractivity contribution in [1.82, 2.24) is 14.7 Å². The molecule has 3 amide bonds. The fourth-order valence-electron chi connectivity index (χ4n) is 7.83. The van der Waals surface area contributed by atoms with Gasteiger partial charge in [-0.1, -0.05) is 41.9 Å². The van der Waals surface area contributed by atoms with E-state index in [0.717, 1.165) is 13.1 Å². The van der Waals surface area contributed by atoms with Crippen molar-refractivity contribution in [3.05, 3.63) is 49.6 Å². The lowest BCUT2D eigenvalue weighted by atomic mass is 9.70. The highest BCUT2D eigenvalue weighted by Crippen LogP contribution is 2.68. The molecule has 4 saturated heterocycles. The zero-order chi connectivity index (χ0) is 33.9. The molecule has 4 aliphatic rings. The van der Waals surface area contributed by atoms with Crippen LogP contribution in [0.3, 0.4) is 0 Å². The van der Waals surface area contributed by atoms with Crippen molar-refractivity contribution in [2.24, 2.45) is 17.8 Å². The van der Waals surface area contributed by atoms with Gasteiger partial charge in [0.1, 0.15) is 11.8 Å². The second-order valence-corrected chi connectivity index (χ2v) is 15.8. The normalized spacial score (nSPS) is 29.1. The van der Waals surface area contributed by atoms with Gasteiger partial charge in [-0.25, -0.2) is 0 Å². The van der Waals surface area contributed by atoms with Gasteiger partial charge in [-0.15, -0.1) is 24.9 Å². The van der Waals surface area contributed by atoms with Gasteiger partial charge in [0.25, 0.3) is 0 Å². The molecule has 7 atom stereocenters. The Kier molecular flexibility index (Phi) is 11.8. The summed E-state index contributed by atoms with van der Waals surface area (Å²) in [5, 5.41) is 10.5. The van der Waals surface area contributed by atoms with Gasteiger partial charge in [-0.2, -0.15) is 0 Å². The van der Waals surface area contributed by atoms with Crippen LogP contribution in [0.25, 0.3) is 0 Å². The van der Waals surface area contributed by atoms with Gasteiger partial charge >= 0.3 is 0 Å². The fourth-order valence-corrected chi connectivity index (χ4v) is 11.4. The number of hydrogen-bond donors (Lipinski definition) is 1. The van der Waals surface area contributed by atoms with Crippen molar-refractivity contribution in [2.75, 3.05) is 70.6 Å². The summed E-state index contributed by atoms with van der Waals surface area (Å²) in [6.45, 7) is 18.7. The number of anilines is 1. The maximum Gasteiger partial charge on any atom is 0.247 e. The number of likely N-dealkylation sites (tertiary alicyclic amines) is 1. The van der Waals surface area contributed by atoms with Crippen molar-refractivity contribution in [2.45, 2.75) is 54.1 Å². The zero-order valence-corrected chi connectivity index (χ0v) is 30.2. The van der Waals surface area contributed by atoms with Crippen LogP contribution >= 0.6 is 27.7 Å². The molecule has 4 heterocycles. The zero-order valence-electron chi connectivity index (χ0n) is 27.8. The number of hydrogen-bond acceptors (Lipinski definition) is 8. The van der Waals surface area contributed by atoms with E-state index >= 15 is 0 Å². The van der Waals surface area contributed by atoms with Gasteiger partial charge in [-0.3, -0.25) is 19.3 Å². The van der Waals surface area contributed by atoms with E-state index in [2.05, 4.69) is 34.0 Å². The van der Waals surface area contributed by atoms with E-state index in [1.54, 1.807) is 38.6 Å². The van der Waals surface area contributed by atoms with Crippen LogP contribution in [0.15, 0.2) is 49.6 Å². The molecule has 4 aliphatic heterocycles. The molecule has 4 fully saturated rings. The summed E-state index contributed by atoms with van der Waals surface area (Å²) in [5.41, 5.74) is 0.692. The van der Waals surface area contributed by atoms with Crippen molar-refractivity contribution in [1.29, 1.82) is 0 Å². The first kappa shape index (κ1) is 35.9. The Morgan fingerprint density at radius 2 is 1.85 bits per heavy atom. The maximum atomic E-state index is 14.9. The van der Waals surface area contributed by atoms with E-state index < -0.39 is 28.7 Å². The minimum absolute atomic E-state index is 0.0699. The molecule has 0 radical (unpaired) electrons. The number of morpholine rings is 1. The third-order valence-electron chi connectivity index (χ3n) is 10.0. The van der Waals surface area contributed by atoms with E-state index in [1.807, 2.05) is 45.0 Å². The minimum Gasteiger partial charge on any atom is -0.494 e. The molecule has 3 unspecified atom stereocenters. The molecule has 47 heavy (non-hydrogen) atoms. The third kappa shape index (κ3) is 6.77. The molecular weight excluding hydrogens is 684 g/mol. The molecule has 0 aliphatic carbocycles. The average Bonchev–Trinajstić information content (AvgIpc) is 3.66. The molecule has 0 saturated carbocycles. The first-order valence-corrected chi connectivity index (χ1v) is 18.5. The smallest absolute Gasteiger partial charge is 0.247 e. The predicted molar refractivity (Wildman–Crippen MR) is 189 cm³/mol. The number of alkyl halides is 1. The molecule has 10 nitrogen and oxygen atoms in total. The van der Waals surface area contributed by atoms with Crippen LogP contribution in [0.4, 0.5) is 5.69 Å². The van der Waals surface area contributed by atoms with Crippen LogP contribution in [0.1, 0.15) is 27.2 Å². The Balaban J connectivity index is 1.52. The summed E-state index contributed by atoms with van der Waals surface area (Å²) < 4.78 is 10.3. The molecule has 1 spiro atoms. The number of nitrogens with zero attached hydrogens (tertiary/aromatic N) is 4. The molecule has 1 aromatic carbocycles. The Morgan fingerprint density at radius 3 is 2.45 bits per heavy atom. The average molecular weight is 734 g/mol. The van der Waals surface area contributed by atoms with E-state index in [0.29, 0.717) is 57.3 Å². The van der Waals surface area contributed by atoms with Crippen LogP contribution in [0.2, 0.25) is 0 Å². The summed E-state index contributed by atoms with van der Waals surface area (Å²) in [7, 11) is 0. The number of carbonyl (C=O) groups is 3. The van der Waals surface area contributed by atoms with Crippen LogP contribution in [0, 0.1) is 17.8 Å². The molecule has 5 rings (SSSR count). The largest absolute Gasteiger partial charge is 0.494 e. The van der Waals surface area contributed by atoms with Gasteiger partial charge in [0.05, 0.1) is 49.1 Å². The number of carbonyl (C=O) groups excluding carboxylic acids is 3. The van der Waals surface area contributed by atoms with E-state index in [-0.39, 0.29) is 46.9 Å². The van der Waals surface area contributed by atoms with E-state index in [1.165, 1.54) is 0 Å². The fraction of sp³-hybridized carbons (Fsp3) is 0.629. The standard InChI is InChI=1S/C35H49BrN4O6S/c1-6-13-38(16-15-37-17-19-45-20-18-37)34(44)31-35-21-26(36)30(47-35)28(29(35)33(43)40(31)27(22-41)23(4)5)32(42)39(14-7-2)24-9-11-25(12-10-24)46-8-3/h6-7,9-12,23,26-31,41H,1-2,8,13-22H2,3-5H3/t26?,27-,28+,29-,30+,31?,35?/m0/s1. The second-order valence-electron chi connectivity index (χ2n) is 13.1. The molecule has 12 heteroatoms. The van der Waals surface area contributed by atoms with Crippen molar-refractivity contribution >= 4 is 51.1 Å². The molecular formula is C35H49BrN4O6S. The van der Waals surface area contributed by atoms with Crippen molar-refractivity contribution in [3.8, 4) is 5.75 Å². The van der Waals surface area contributed by atoms with Crippen LogP contribution < -0.4 is 9.64 Å². The topological polar surface area (TPSA) is 103 Å². The van der Waals surface area contributed by atoms with Crippen molar-refractivity contribution in [3.63, 3.8) is 0 Å². The molecule has 2 bridgehead atoms. The lowest BCUT2D eigenvalue weighted by Gasteiger charge is -2.41. The predicted octanol–water partition coefficient (Wildman–Crippen LogP) is 3.43. The van der Waals surface area contributed by atoms with Crippen LogP contribution in [-0.4, -0.2) is 130 Å². The van der Waals surface area contributed by atoms with Crippen LogP contribution in [0.5, 0.6) is 5.75 Å². The van der Waals surface area contributed by atoms with Gasteiger partial charge in [-0.05, 0) is 43.5 Å². The quantitative estimate of drug-likeness (QED) is 0.216. The van der Waals surface area contributed by atoms with E-state index in [9.17, 15) is 19.5 Å². The molecule has 1 aromatic rings. The number of amides is 3. The summed E-state index contributed by atoms with van der Waals surface area (Å²) in [6.07, 6.45) is 3.98. The SMILES string of the molecule is C=CCN(CCN1CCOCC1)C(=O)C1N([C@@H](CO)C(C)C)C(=O)[C@@H]2[C@@H](C(=O)N(CC=C)c3ccc(OCC)cc3)[C@@H]3SC12CC3Br. The summed E-state index contributed by atoms with van der Waals surface area (Å²) >= 11 is 5.50. The monoisotopic (exact) mass is 732 g/mol. The second kappa shape index (κ2) is 15.4. The minimum atomic E-state index is -0.827. The number of rotatable bonds is 15.